The van der Waals surface area contributed by atoms with E-state index in [0.717, 1.165) is 25.1 Å². The van der Waals surface area contributed by atoms with Crippen LogP contribution in [0.5, 0.6) is 0 Å². The monoisotopic (exact) mass is 180 g/mol. The fourth-order valence-electron chi connectivity index (χ4n) is 1.06. The molecule has 0 aliphatic carbocycles. The molecule has 0 aromatic carbocycles. The van der Waals surface area contributed by atoms with Crippen molar-refractivity contribution in [3.05, 3.63) is 24.5 Å². The van der Waals surface area contributed by atoms with Crippen LogP contribution in [0.15, 0.2) is 24.5 Å². The van der Waals surface area contributed by atoms with Crippen molar-refractivity contribution >= 4 is 5.69 Å². The van der Waals surface area contributed by atoms with Crippen molar-refractivity contribution < 1.29 is 5.11 Å². The van der Waals surface area contributed by atoms with E-state index in [9.17, 15) is 5.11 Å². The maximum Gasteiger partial charge on any atom is 0.0554 e. The van der Waals surface area contributed by atoms with Crippen LogP contribution in [0.4, 0.5) is 5.69 Å². The molecule has 0 aliphatic rings. The standard InChI is InChI=1S/C10H16N2O/c1-2-10(13)5-8-12-9-3-6-11-7-4-9/h3-4,6-7,10,13H,2,5,8H2,1H3,(H,11,12). The molecular weight excluding hydrogens is 164 g/mol. The predicted molar refractivity (Wildman–Crippen MR) is 53.6 cm³/mol. The fraction of sp³-hybridized carbons (Fsp3) is 0.500. The topological polar surface area (TPSA) is 45.1 Å². The van der Waals surface area contributed by atoms with E-state index in [0.29, 0.717) is 0 Å². The predicted octanol–water partition coefficient (Wildman–Crippen LogP) is 1.65. The third-order valence-electron chi connectivity index (χ3n) is 1.96. The smallest absolute Gasteiger partial charge is 0.0554 e. The Kier molecular flexibility index (Phi) is 4.26. The molecular formula is C10H16N2O. The molecule has 0 bridgehead atoms. The second-order valence-corrected chi connectivity index (χ2v) is 3.01. The first-order valence-electron chi connectivity index (χ1n) is 4.65. The summed E-state index contributed by atoms with van der Waals surface area (Å²) in [5, 5.41) is 12.5. The van der Waals surface area contributed by atoms with Gasteiger partial charge in [0.25, 0.3) is 0 Å². The maximum atomic E-state index is 9.28. The zero-order valence-corrected chi connectivity index (χ0v) is 7.90. The first-order chi connectivity index (χ1) is 6.33. The molecule has 0 spiro atoms. The van der Waals surface area contributed by atoms with Crippen molar-refractivity contribution in [3.63, 3.8) is 0 Å². The lowest BCUT2D eigenvalue weighted by Crippen LogP contribution is -2.12. The van der Waals surface area contributed by atoms with E-state index in [1.165, 1.54) is 0 Å². The number of anilines is 1. The molecule has 3 nitrogen and oxygen atoms in total. The molecule has 0 saturated heterocycles. The van der Waals surface area contributed by atoms with Gasteiger partial charge in [0.1, 0.15) is 0 Å². The Morgan fingerprint density at radius 3 is 2.77 bits per heavy atom. The van der Waals surface area contributed by atoms with Gasteiger partial charge in [-0.05, 0) is 25.0 Å². The molecule has 1 rings (SSSR count). The van der Waals surface area contributed by atoms with Gasteiger partial charge >= 0.3 is 0 Å². The van der Waals surface area contributed by atoms with Crippen LogP contribution in [0.25, 0.3) is 0 Å². The van der Waals surface area contributed by atoms with Crippen molar-refractivity contribution in [1.29, 1.82) is 0 Å². The van der Waals surface area contributed by atoms with E-state index >= 15 is 0 Å². The molecule has 1 atom stereocenters. The largest absolute Gasteiger partial charge is 0.393 e. The lowest BCUT2D eigenvalue weighted by Gasteiger charge is -2.09. The molecule has 0 saturated carbocycles. The van der Waals surface area contributed by atoms with Crippen molar-refractivity contribution in [3.8, 4) is 0 Å². The van der Waals surface area contributed by atoms with E-state index in [-0.39, 0.29) is 6.10 Å². The molecule has 0 aliphatic heterocycles. The Bertz CT molecular complexity index is 226. The summed E-state index contributed by atoms with van der Waals surface area (Å²) in [6.45, 7) is 2.79. The van der Waals surface area contributed by atoms with E-state index in [2.05, 4.69) is 10.3 Å². The Labute approximate surface area is 78.8 Å². The van der Waals surface area contributed by atoms with Crippen LogP contribution in [0.1, 0.15) is 19.8 Å². The van der Waals surface area contributed by atoms with Gasteiger partial charge in [0.2, 0.25) is 0 Å². The van der Waals surface area contributed by atoms with Crippen LogP contribution in [0, 0.1) is 0 Å². The van der Waals surface area contributed by atoms with Gasteiger partial charge in [-0.2, -0.15) is 0 Å². The number of nitrogens with one attached hydrogen (secondary N) is 1. The molecule has 1 aromatic rings. The van der Waals surface area contributed by atoms with Gasteiger partial charge in [-0.3, -0.25) is 4.98 Å². The average molecular weight is 180 g/mol. The third-order valence-corrected chi connectivity index (χ3v) is 1.96. The maximum absolute atomic E-state index is 9.28. The SMILES string of the molecule is CCC(O)CCNc1ccncc1. The first-order valence-corrected chi connectivity index (χ1v) is 4.65. The van der Waals surface area contributed by atoms with E-state index in [4.69, 9.17) is 0 Å². The lowest BCUT2D eigenvalue weighted by atomic mass is 10.2. The van der Waals surface area contributed by atoms with Gasteiger partial charge in [0.15, 0.2) is 0 Å². The molecule has 1 aromatic heterocycles. The minimum atomic E-state index is -0.186. The second-order valence-electron chi connectivity index (χ2n) is 3.01. The number of pyridine rings is 1. The van der Waals surface area contributed by atoms with Crippen molar-refractivity contribution in [2.45, 2.75) is 25.9 Å². The van der Waals surface area contributed by atoms with Gasteiger partial charge in [0.05, 0.1) is 6.10 Å². The number of nitrogens with zero attached hydrogens (tertiary/aromatic N) is 1. The highest BCUT2D eigenvalue weighted by atomic mass is 16.3. The minimum absolute atomic E-state index is 0.186. The normalized spacial score (nSPS) is 12.5. The summed E-state index contributed by atoms with van der Waals surface area (Å²) in [5.41, 5.74) is 1.05. The van der Waals surface area contributed by atoms with Crippen LogP contribution in [-0.4, -0.2) is 22.7 Å². The summed E-state index contributed by atoms with van der Waals surface area (Å²) < 4.78 is 0. The van der Waals surface area contributed by atoms with Gasteiger partial charge in [0, 0.05) is 24.6 Å². The van der Waals surface area contributed by atoms with Crippen molar-refractivity contribution in [2.24, 2.45) is 0 Å². The van der Waals surface area contributed by atoms with Gasteiger partial charge < -0.3 is 10.4 Å². The lowest BCUT2D eigenvalue weighted by molar-refractivity contribution is 0.164. The number of aliphatic hydroxyl groups is 1. The zero-order valence-electron chi connectivity index (χ0n) is 7.90. The highest BCUT2D eigenvalue weighted by Gasteiger charge is 1.98. The summed E-state index contributed by atoms with van der Waals surface area (Å²) in [5.74, 6) is 0. The number of hydrogen-bond donors (Lipinski definition) is 2. The Hall–Kier alpha value is -1.09. The number of aromatic nitrogens is 1. The molecule has 0 fully saturated rings. The minimum Gasteiger partial charge on any atom is -0.393 e. The molecule has 1 unspecified atom stereocenters. The highest BCUT2D eigenvalue weighted by Crippen LogP contribution is 2.04. The summed E-state index contributed by atoms with van der Waals surface area (Å²) in [6.07, 6.45) is 4.92. The van der Waals surface area contributed by atoms with E-state index in [1.54, 1.807) is 12.4 Å². The van der Waals surface area contributed by atoms with Gasteiger partial charge in [-0.15, -0.1) is 0 Å². The first kappa shape index (κ1) is 9.99. The molecule has 0 amide bonds. The zero-order chi connectivity index (χ0) is 9.52. The average Bonchev–Trinajstić information content (AvgIpc) is 2.19. The molecule has 0 radical (unpaired) electrons. The van der Waals surface area contributed by atoms with Crippen molar-refractivity contribution in [1.82, 2.24) is 4.98 Å². The third kappa shape index (κ3) is 3.90. The molecule has 2 N–H and O–H groups in total. The number of rotatable bonds is 5. The van der Waals surface area contributed by atoms with Crippen LogP contribution >= 0.6 is 0 Å². The summed E-state index contributed by atoms with van der Waals surface area (Å²) in [7, 11) is 0. The quantitative estimate of drug-likeness (QED) is 0.724. The highest BCUT2D eigenvalue weighted by molar-refractivity contribution is 5.40. The van der Waals surface area contributed by atoms with Crippen LogP contribution in [0.2, 0.25) is 0 Å². The molecule has 3 heteroatoms. The van der Waals surface area contributed by atoms with Crippen LogP contribution in [0.3, 0.4) is 0 Å². The fourth-order valence-corrected chi connectivity index (χ4v) is 1.06. The van der Waals surface area contributed by atoms with E-state index < -0.39 is 0 Å². The molecule has 72 valence electrons. The van der Waals surface area contributed by atoms with Gasteiger partial charge in [-0.25, -0.2) is 0 Å². The summed E-state index contributed by atoms with van der Waals surface area (Å²) in [6, 6.07) is 3.83. The summed E-state index contributed by atoms with van der Waals surface area (Å²) >= 11 is 0. The van der Waals surface area contributed by atoms with Crippen LogP contribution < -0.4 is 5.32 Å². The van der Waals surface area contributed by atoms with E-state index in [1.807, 2.05) is 19.1 Å². The Morgan fingerprint density at radius 1 is 1.46 bits per heavy atom. The second kappa shape index (κ2) is 5.54. The summed E-state index contributed by atoms with van der Waals surface area (Å²) in [4.78, 5) is 3.92. The van der Waals surface area contributed by atoms with Gasteiger partial charge in [-0.1, -0.05) is 6.92 Å². The Balaban J connectivity index is 2.20. The number of aliphatic hydroxyl groups excluding tert-OH is 1. The van der Waals surface area contributed by atoms with Crippen molar-refractivity contribution in [2.75, 3.05) is 11.9 Å². The number of hydrogen-bond acceptors (Lipinski definition) is 3. The molecule has 1 heterocycles. The molecule has 13 heavy (non-hydrogen) atoms. The van der Waals surface area contributed by atoms with Crippen LogP contribution in [-0.2, 0) is 0 Å². The Morgan fingerprint density at radius 2 is 2.15 bits per heavy atom.